The van der Waals surface area contributed by atoms with E-state index < -0.39 is 0 Å². The van der Waals surface area contributed by atoms with Gasteiger partial charge in [0.15, 0.2) is 6.04 Å². The Morgan fingerprint density at radius 2 is 1.39 bits per heavy atom. The molecule has 200 valence electrons. The molecule has 0 heterocycles. The number of ether oxygens (including phenoxy) is 2. The van der Waals surface area contributed by atoms with Gasteiger partial charge in [0, 0.05) is 5.56 Å². The van der Waals surface area contributed by atoms with Crippen LogP contribution in [-0.2, 0) is 22.5 Å². The summed E-state index contributed by atoms with van der Waals surface area (Å²) in [4.78, 5) is 12.8. The van der Waals surface area contributed by atoms with Gasteiger partial charge in [-0.1, -0.05) is 107 Å². The van der Waals surface area contributed by atoms with Crippen LogP contribution < -0.4 is 4.74 Å². The minimum atomic E-state index is -0.267. The van der Waals surface area contributed by atoms with Gasteiger partial charge in [-0.25, -0.2) is 4.79 Å². The molecule has 0 N–H and O–H groups in total. The van der Waals surface area contributed by atoms with E-state index in [2.05, 4.69) is 45.3 Å². The minimum absolute atomic E-state index is 0.186. The smallest absolute Gasteiger partial charge is 0.364 e. The van der Waals surface area contributed by atoms with Crippen LogP contribution in [0.5, 0.6) is 5.75 Å². The van der Waals surface area contributed by atoms with Crippen molar-refractivity contribution in [1.29, 1.82) is 0 Å². The summed E-state index contributed by atoms with van der Waals surface area (Å²) in [5.74, 6) is 0.725. The maximum atomic E-state index is 12.8. The SMILES string of the molecule is CCCCCCCCCCCc1ccccc1OC(C)COC(=O)C(C)[N+](C)(C)Cc1ccccc1. The number of quaternary nitrogens is 1. The van der Waals surface area contributed by atoms with E-state index in [1.807, 2.05) is 44.2 Å². The number of aryl methyl sites for hydroxylation is 1. The molecule has 0 spiro atoms. The fourth-order valence-corrected chi connectivity index (χ4v) is 4.50. The molecule has 4 nitrogen and oxygen atoms in total. The standard InChI is InChI=1S/C32H50NO3/c1-6-7-8-9-10-11-12-13-17-22-30-23-18-19-24-31(30)36-27(2)26-35-32(34)28(3)33(4,5)25-29-20-15-14-16-21-29/h14-16,18-21,23-24,27-28H,6-13,17,22,25-26H2,1-5H3/q+1. The van der Waals surface area contributed by atoms with Gasteiger partial charge in [0.05, 0.1) is 14.1 Å². The Bertz CT molecular complexity index is 865. The number of likely N-dealkylation sites (N-methyl/N-ethyl adjacent to an activating group) is 1. The van der Waals surface area contributed by atoms with Crippen molar-refractivity contribution in [3.05, 3.63) is 65.7 Å². The highest BCUT2D eigenvalue weighted by molar-refractivity contribution is 5.74. The van der Waals surface area contributed by atoms with Crippen LogP contribution in [0.3, 0.4) is 0 Å². The van der Waals surface area contributed by atoms with Crippen LogP contribution in [0.1, 0.15) is 89.7 Å². The normalized spacial score (nSPS) is 13.2. The van der Waals surface area contributed by atoms with Gasteiger partial charge in [0.25, 0.3) is 0 Å². The molecule has 0 saturated carbocycles. The average Bonchev–Trinajstić information content (AvgIpc) is 2.87. The predicted octanol–water partition coefficient (Wildman–Crippen LogP) is 7.74. The molecule has 0 aliphatic heterocycles. The maximum Gasteiger partial charge on any atom is 0.364 e. The van der Waals surface area contributed by atoms with Crippen molar-refractivity contribution in [1.82, 2.24) is 0 Å². The molecular weight excluding hydrogens is 446 g/mol. The highest BCUT2D eigenvalue weighted by atomic mass is 16.6. The lowest BCUT2D eigenvalue weighted by atomic mass is 10.0. The maximum absolute atomic E-state index is 12.8. The zero-order chi connectivity index (χ0) is 26.2. The summed E-state index contributed by atoms with van der Waals surface area (Å²) in [7, 11) is 4.14. The zero-order valence-electron chi connectivity index (χ0n) is 23.5. The summed E-state index contributed by atoms with van der Waals surface area (Å²) in [6.45, 7) is 7.20. The van der Waals surface area contributed by atoms with Crippen molar-refractivity contribution < 1.29 is 18.8 Å². The summed E-state index contributed by atoms with van der Waals surface area (Å²) in [5.41, 5.74) is 2.45. The Hall–Kier alpha value is -2.33. The van der Waals surface area contributed by atoms with Gasteiger partial charge in [-0.05, 0) is 38.3 Å². The van der Waals surface area contributed by atoms with Crippen LogP contribution in [0.25, 0.3) is 0 Å². The topological polar surface area (TPSA) is 35.5 Å². The summed E-state index contributed by atoms with van der Waals surface area (Å²) in [6.07, 6.45) is 12.8. The molecule has 0 aromatic heterocycles. The molecule has 2 aromatic rings. The first-order valence-electron chi connectivity index (χ1n) is 14.1. The zero-order valence-corrected chi connectivity index (χ0v) is 23.5. The Morgan fingerprint density at radius 3 is 2.06 bits per heavy atom. The van der Waals surface area contributed by atoms with E-state index in [1.54, 1.807) is 0 Å². The Balaban J connectivity index is 1.73. The van der Waals surface area contributed by atoms with Crippen molar-refractivity contribution >= 4 is 5.97 Å². The number of hydrogen-bond donors (Lipinski definition) is 0. The van der Waals surface area contributed by atoms with Crippen LogP contribution in [0.2, 0.25) is 0 Å². The second-order valence-corrected chi connectivity index (χ2v) is 10.8. The second kappa shape index (κ2) is 16.4. The Kier molecular flexibility index (Phi) is 13.6. The van der Waals surface area contributed by atoms with Gasteiger partial charge in [0.2, 0.25) is 0 Å². The molecule has 2 atom stereocenters. The first kappa shape index (κ1) is 29.9. The van der Waals surface area contributed by atoms with Gasteiger partial charge >= 0.3 is 5.97 Å². The lowest BCUT2D eigenvalue weighted by Crippen LogP contribution is -2.51. The molecule has 0 amide bonds. The van der Waals surface area contributed by atoms with Gasteiger partial charge in [-0.2, -0.15) is 0 Å². The average molecular weight is 497 g/mol. The van der Waals surface area contributed by atoms with E-state index in [4.69, 9.17) is 9.47 Å². The summed E-state index contributed by atoms with van der Waals surface area (Å²) in [6, 6.07) is 18.3. The monoisotopic (exact) mass is 496 g/mol. The Morgan fingerprint density at radius 1 is 0.806 bits per heavy atom. The first-order valence-corrected chi connectivity index (χ1v) is 14.1. The summed E-state index contributed by atoms with van der Waals surface area (Å²) in [5, 5.41) is 0. The van der Waals surface area contributed by atoms with Crippen molar-refractivity contribution in [2.75, 3.05) is 20.7 Å². The molecule has 0 fully saturated rings. The highest BCUT2D eigenvalue weighted by Gasteiger charge is 2.32. The third-order valence-corrected chi connectivity index (χ3v) is 7.13. The highest BCUT2D eigenvalue weighted by Crippen LogP contribution is 2.23. The molecule has 4 heteroatoms. The van der Waals surface area contributed by atoms with Crippen molar-refractivity contribution in [3.8, 4) is 5.75 Å². The molecular formula is C32H50NO3+. The quantitative estimate of drug-likeness (QED) is 0.120. The van der Waals surface area contributed by atoms with Crippen molar-refractivity contribution in [2.45, 2.75) is 104 Å². The predicted molar refractivity (Wildman–Crippen MR) is 150 cm³/mol. The van der Waals surface area contributed by atoms with E-state index in [9.17, 15) is 4.79 Å². The molecule has 2 unspecified atom stereocenters. The number of rotatable bonds is 18. The Labute approximate surface area is 220 Å². The number of esters is 1. The third-order valence-electron chi connectivity index (χ3n) is 7.13. The molecule has 0 aliphatic carbocycles. The van der Waals surface area contributed by atoms with Crippen LogP contribution in [-0.4, -0.2) is 43.3 Å². The molecule has 0 aliphatic rings. The molecule has 0 bridgehead atoms. The number of nitrogens with zero attached hydrogens (tertiary/aromatic N) is 1. The van der Waals surface area contributed by atoms with Gasteiger partial charge < -0.3 is 14.0 Å². The minimum Gasteiger partial charge on any atom is -0.487 e. The number of hydrogen-bond acceptors (Lipinski definition) is 3. The second-order valence-electron chi connectivity index (χ2n) is 10.8. The van der Waals surface area contributed by atoms with E-state index in [-0.39, 0.29) is 24.7 Å². The van der Waals surface area contributed by atoms with Crippen LogP contribution in [0.4, 0.5) is 0 Å². The fourth-order valence-electron chi connectivity index (χ4n) is 4.50. The van der Waals surface area contributed by atoms with E-state index in [1.165, 1.54) is 68.9 Å². The van der Waals surface area contributed by atoms with E-state index in [0.29, 0.717) is 4.48 Å². The first-order chi connectivity index (χ1) is 17.3. The number of unbranched alkanes of at least 4 members (excludes halogenated alkanes) is 8. The van der Waals surface area contributed by atoms with Crippen LogP contribution >= 0.6 is 0 Å². The number of carbonyl (C=O) groups excluding carboxylic acids is 1. The lowest BCUT2D eigenvalue weighted by molar-refractivity contribution is -0.917. The number of carbonyl (C=O) groups is 1. The lowest BCUT2D eigenvalue weighted by Gasteiger charge is -2.34. The van der Waals surface area contributed by atoms with Crippen LogP contribution in [0, 0.1) is 0 Å². The molecule has 2 aromatic carbocycles. The van der Waals surface area contributed by atoms with Gasteiger partial charge in [-0.3, -0.25) is 0 Å². The largest absolute Gasteiger partial charge is 0.487 e. The molecule has 0 radical (unpaired) electrons. The van der Waals surface area contributed by atoms with Crippen molar-refractivity contribution in [3.63, 3.8) is 0 Å². The fraction of sp³-hybridized carbons (Fsp3) is 0.594. The third kappa shape index (κ3) is 11.2. The number of benzene rings is 2. The van der Waals surface area contributed by atoms with Crippen molar-refractivity contribution in [2.24, 2.45) is 0 Å². The number of para-hydroxylation sites is 1. The molecule has 2 rings (SSSR count). The van der Waals surface area contributed by atoms with Gasteiger partial charge in [-0.15, -0.1) is 0 Å². The molecule has 36 heavy (non-hydrogen) atoms. The van der Waals surface area contributed by atoms with Crippen LogP contribution in [0.15, 0.2) is 54.6 Å². The summed E-state index contributed by atoms with van der Waals surface area (Å²) < 4.78 is 12.4. The summed E-state index contributed by atoms with van der Waals surface area (Å²) >= 11 is 0. The molecule has 0 saturated heterocycles. The van der Waals surface area contributed by atoms with Gasteiger partial charge in [0.1, 0.15) is 25.0 Å². The van der Waals surface area contributed by atoms with E-state index >= 15 is 0 Å². The van der Waals surface area contributed by atoms with E-state index in [0.717, 1.165) is 18.7 Å².